The van der Waals surface area contributed by atoms with Crippen LogP contribution >= 0.6 is 23.4 Å². The highest BCUT2D eigenvalue weighted by Gasteiger charge is 2.18. The van der Waals surface area contributed by atoms with Crippen molar-refractivity contribution in [2.75, 3.05) is 37.5 Å². The number of piperidine rings is 1. The van der Waals surface area contributed by atoms with Crippen molar-refractivity contribution in [3.8, 4) is 0 Å². The first-order chi connectivity index (χ1) is 6.86. The SMILES string of the molecule is CSCCCN1CCCC(CCCl)C1. The Hall–Kier alpha value is 0.600. The van der Waals surface area contributed by atoms with Crippen LogP contribution < -0.4 is 0 Å². The maximum Gasteiger partial charge on any atom is 0.0226 e. The predicted octanol–water partition coefficient (Wildman–Crippen LogP) is 3.08. The zero-order valence-electron chi connectivity index (χ0n) is 9.17. The summed E-state index contributed by atoms with van der Waals surface area (Å²) in [4.78, 5) is 2.62. The molecule has 1 aliphatic heterocycles. The van der Waals surface area contributed by atoms with Crippen molar-refractivity contribution in [1.29, 1.82) is 0 Å². The summed E-state index contributed by atoms with van der Waals surface area (Å²) in [5.74, 6) is 3.01. The topological polar surface area (TPSA) is 3.24 Å². The van der Waals surface area contributed by atoms with Crippen LogP contribution in [0.4, 0.5) is 0 Å². The van der Waals surface area contributed by atoms with E-state index in [1.807, 2.05) is 11.8 Å². The average molecular weight is 236 g/mol. The van der Waals surface area contributed by atoms with Crippen molar-refractivity contribution in [3.05, 3.63) is 0 Å². The summed E-state index contributed by atoms with van der Waals surface area (Å²) in [5.41, 5.74) is 0. The van der Waals surface area contributed by atoms with E-state index in [0.717, 1.165) is 11.8 Å². The van der Waals surface area contributed by atoms with E-state index in [2.05, 4.69) is 11.2 Å². The average Bonchev–Trinajstić information content (AvgIpc) is 2.19. The quantitative estimate of drug-likeness (QED) is 0.514. The van der Waals surface area contributed by atoms with Gasteiger partial charge >= 0.3 is 0 Å². The van der Waals surface area contributed by atoms with Crippen LogP contribution in [0.5, 0.6) is 0 Å². The van der Waals surface area contributed by atoms with Gasteiger partial charge in [0.2, 0.25) is 0 Å². The zero-order valence-corrected chi connectivity index (χ0v) is 10.7. The van der Waals surface area contributed by atoms with E-state index in [-0.39, 0.29) is 0 Å². The first-order valence-electron chi connectivity index (χ1n) is 5.64. The van der Waals surface area contributed by atoms with Gasteiger partial charge < -0.3 is 4.90 Å². The largest absolute Gasteiger partial charge is 0.303 e. The van der Waals surface area contributed by atoms with Gasteiger partial charge in [0.25, 0.3) is 0 Å². The van der Waals surface area contributed by atoms with Crippen LogP contribution in [0.1, 0.15) is 25.7 Å². The molecule has 1 heterocycles. The molecule has 3 heteroatoms. The van der Waals surface area contributed by atoms with Crippen molar-refractivity contribution in [2.45, 2.75) is 25.7 Å². The molecule has 1 saturated heterocycles. The summed E-state index contributed by atoms with van der Waals surface area (Å²) in [6.07, 6.45) is 7.51. The highest BCUT2D eigenvalue weighted by Crippen LogP contribution is 2.20. The van der Waals surface area contributed by atoms with Crippen LogP contribution in [-0.4, -0.2) is 42.4 Å². The van der Waals surface area contributed by atoms with Crippen molar-refractivity contribution >= 4 is 23.4 Å². The Labute approximate surface area is 97.6 Å². The minimum absolute atomic E-state index is 0.837. The maximum absolute atomic E-state index is 5.79. The highest BCUT2D eigenvalue weighted by molar-refractivity contribution is 7.98. The van der Waals surface area contributed by atoms with Crippen molar-refractivity contribution in [3.63, 3.8) is 0 Å². The van der Waals surface area contributed by atoms with Crippen molar-refractivity contribution < 1.29 is 0 Å². The smallest absolute Gasteiger partial charge is 0.0226 e. The maximum atomic E-state index is 5.79. The molecule has 0 radical (unpaired) electrons. The number of thioether (sulfide) groups is 1. The van der Waals surface area contributed by atoms with E-state index in [0.29, 0.717) is 0 Å². The molecule has 0 spiro atoms. The number of nitrogens with zero attached hydrogens (tertiary/aromatic N) is 1. The van der Waals surface area contributed by atoms with Gasteiger partial charge in [-0.05, 0) is 56.7 Å². The molecule has 14 heavy (non-hydrogen) atoms. The molecule has 1 nitrogen and oxygen atoms in total. The molecule has 1 aliphatic rings. The monoisotopic (exact) mass is 235 g/mol. The molecule has 0 aromatic carbocycles. The van der Waals surface area contributed by atoms with E-state index in [1.165, 1.54) is 51.1 Å². The second-order valence-electron chi connectivity index (χ2n) is 4.13. The Kier molecular flexibility index (Phi) is 7.09. The van der Waals surface area contributed by atoms with Gasteiger partial charge in [0.1, 0.15) is 0 Å². The first-order valence-corrected chi connectivity index (χ1v) is 7.57. The molecule has 0 N–H and O–H groups in total. The fourth-order valence-corrected chi connectivity index (χ4v) is 2.90. The number of hydrogen-bond acceptors (Lipinski definition) is 2. The Morgan fingerprint density at radius 1 is 1.50 bits per heavy atom. The van der Waals surface area contributed by atoms with Gasteiger partial charge in [0, 0.05) is 12.4 Å². The first kappa shape index (κ1) is 12.7. The van der Waals surface area contributed by atoms with Gasteiger partial charge in [-0.25, -0.2) is 0 Å². The number of alkyl halides is 1. The third-order valence-corrected chi connectivity index (χ3v) is 3.86. The molecule has 1 unspecified atom stereocenters. The molecule has 1 atom stereocenters. The lowest BCUT2D eigenvalue weighted by Crippen LogP contribution is -2.36. The molecule has 0 aliphatic carbocycles. The Balaban J connectivity index is 2.12. The van der Waals surface area contributed by atoms with Crippen molar-refractivity contribution in [2.24, 2.45) is 5.92 Å². The lowest BCUT2D eigenvalue weighted by molar-refractivity contribution is 0.173. The van der Waals surface area contributed by atoms with Gasteiger partial charge in [-0.2, -0.15) is 11.8 Å². The lowest BCUT2D eigenvalue weighted by atomic mass is 9.95. The highest BCUT2D eigenvalue weighted by atomic mass is 35.5. The fourth-order valence-electron chi connectivity index (χ4n) is 2.18. The molecular formula is C11H22ClNS. The summed E-state index contributed by atoms with van der Waals surface area (Å²) in [6, 6.07) is 0. The van der Waals surface area contributed by atoms with E-state index >= 15 is 0 Å². The van der Waals surface area contributed by atoms with Crippen LogP contribution in [0.25, 0.3) is 0 Å². The molecule has 0 aromatic heterocycles. The second kappa shape index (κ2) is 7.84. The lowest BCUT2D eigenvalue weighted by Gasteiger charge is -2.32. The molecule has 1 fully saturated rings. The van der Waals surface area contributed by atoms with Gasteiger partial charge in [-0.1, -0.05) is 0 Å². The zero-order chi connectivity index (χ0) is 10.2. The van der Waals surface area contributed by atoms with Crippen LogP contribution in [0, 0.1) is 5.92 Å². The molecule has 0 aromatic rings. The predicted molar refractivity (Wildman–Crippen MR) is 67.5 cm³/mol. The number of likely N-dealkylation sites (tertiary alicyclic amines) is 1. The summed E-state index contributed by atoms with van der Waals surface area (Å²) < 4.78 is 0. The number of hydrogen-bond donors (Lipinski definition) is 0. The summed E-state index contributed by atoms with van der Waals surface area (Å²) in [7, 11) is 0. The summed E-state index contributed by atoms with van der Waals surface area (Å²) in [5, 5.41) is 0. The van der Waals surface area contributed by atoms with Crippen molar-refractivity contribution in [1.82, 2.24) is 4.90 Å². The fraction of sp³-hybridized carbons (Fsp3) is 1.00. The van der Waals surface area contributed by atoms with Crippen LogP contribution in [0.2, 0.25) is 0 Å². The Morgan fingerprint density at radius 2 is 2.36 bits per heavy atom. The van der Waals surface area contributed by atoms with Gasteiger partial charge in [0.05, 0.1) is 0 Å². The van der Waals surface area contributed by atoms with Crippen LogP contribution in [-0.2, 0) is 0 Å². The summed E-state index contributed by atoms with van der Waals surface area (Å²) in [6.45, 7) is 3.90. The standard InChI is InChI=1S/C11H22ClNS/c1-14-9-3-8-13-7-2-4-11(10-13)5-6-12/h11H,2-10H2,1H3. The third-order valence-electron chi connectivity index (χ3n) is 2.94. The molecule has 0 amide bonds. The second-order valence-corrected chi connectivity index (χ2v) is 5.50. The van der Waals surface area contributed by atoms with Gasteiger partial charge in [0.15, 0.2) is 0 Å². The van der Waals surface area contributed by atoms with Crippen LogP contribution in [0.3, 0.4) is 0 Å². The molecule has 0 bridgehead atoms. The normalized spacial score (nSPS) is 24.0. The minimum atomic E-state index is 0.837. The van der Waals surface area contributed by atoms with E-state index in [1.54, 1.807) is 0 Å². The Bertz CT molecular complexity index is 141. The summed E-state index contributed by atoms with van der Waals surface area (Å²) >= 11 is 7.74. The van der Waals surface area contributed by atoms with E-state index in [4.69, 9.17) is 11.6 Å². The number of halogens is 1. The molecular weight excluding hydrogens is 214 g/mol. The van der Waals surface area contributed by atoms with Crippen LogP contribution in [0.15, 0.2) is 0 Å². The number of rotatable bonds is 6. The minimum Gasteiger partial charge on any atom is -0.303 e. The van der Waals surface area contributed by atoms with E-state index < -0.39 is 0 Å². The molecule has 84 valence electrons. The Morgan fingerprint density at radius 3 is 3.07 bits per heavy atom. The van der Waals surface area contributed by atoms with Gasteiger partial charge in [-0.15, -0.1) is 11.6 Å². The third kappa shape index (κ3) is 4.90. The van der Waals surface area contributed by atoms with E-state index in [9.17, 15) is 0 Å². The molecule has 0 saturated carbocycles. The molecule has 1 rings (SSSR count). The van der Waals surface area contributed by atoms with Gasteiger partial charge in [-0.3, -0.25) is 0 Å².